The Balaban J connectivity index is 1.90. The lowest BCUT2D eigenvalue weighted by molar-refractivity contribution is -0.481. The van der Waals surface area contributed by atoms with E-state index in [1.54, 1.807) is 0 Å². The zero-order valence-corrected chi connectivity index (χ0v) is 12.9. The maximum atomic E-state index is 6.49. The van der Waals surface area contributed by atoms with E-state index >= 15 is 0 Å². The topological polar surface area (TPSA) is 36.9 Å². The summed E-state index contributed by atoms with van der Waals surface area (Å²) in [7, 11) is 0. The van der Waals surface area contributed by atoms with Crippen molar-refractivity contribution in [3.8, 4) is 0 Å². The highest BCUT2D eigenvalue weighted by Gasteiger charge is 2.62. The van der Waals surface area contributed by atoms with Crippen LogP contribution in [0.25, 0.3) is 0 Å². The summed E-state index contributed by atoms with van der Waals surface area (Å²) in [5.74, 6) is -1.34. The second kappa shape index (κ2) is 5.91. The monoisotopic (exact) mass is 284 g/mol. The van der Waals surface area contributed by atoms with Gasteiger partial charge in [0, 0.05) is 12.8 Å². The average molecular weight is 284 g/mol. The van der Waals surface area contributed by atoms with E-state index in [0.29, 0.717) is 0 Å². The molecule has 0 saturated carbocycles. The first-order valence-corrected chi connectivity index (χ1v) is 8.39. The fourth-order valence-electron chi connectivity index (χ4n) is 3.84. The Morgan fingerprint density at radius 2 is 1.20 bits per heavy atom. The summed E-state index contributed by atoms with van der Waals surface area (Å²) in [6.45, 7) is 5.82. The van der Waals surface area contributed by atoms with Gasteiger partial charge in [0.05, 0.1) is 25.4 Å². The molecule has 3 aliphatic heterocycles. The Morgan fingerprint density at radius 1 is 0.750 bits per heavy atom. The van der Waals surface area contributed by atoms with E-state index < -0.39 is 11.6 Å². The van der Waals surface area contributed by atoms with Gasteiger partial charge in [-0.15, -0.1) is 0 Å². The van der Waals surface area contributed by atoms with Crippen molar-refractivity contribution < 1.29 is 18.9 Å². The molecule has 3 saturated heterocycles. The largest absolute Gasteiger partial charge is 0.345 e. The van der Waals surface area contributed by atoms with Crippen LogP contribution < -0.4 is 0 Å². The van der Waals surface area contributed by atoms with Crippen molar-refractivity contribution in [3.63, 3.8) is 0 Å². The van der Waals surface area contributed by atoms with Gasteiger partial charge in [-0.3, -0.25) is 0 Å². The molecule has 0 radical (unpaired) electrons. The van der Waals surface area contributed by atoms with Gasteiger partial charge in [0.25, 0.3) is 0 Å². The molecule has 0 amide bonds. The van der Waals surface area contributed by atoms with Gasteiger partial charge in [0.2, 0.25) is 11.6 Å². The van der Waals surface area contributed by atoms with Crippen LogP contribution in [0.15, 0.2) is 0 Å². The van der Waals surface area contributed by atoms with Crippen molar-refractivity contribution in [3.05, 3.63) is 0 Å². The molecule has 4 nitrogen and oxygen atoms in total. The van der Waals surface area contributed by atoms with Gasteiger partial charge >= 0.3 is 0 Å². The van der Waals surface area contributed by atoms with Crippen LogP contribution in [0.2, 0.25) is 0 Å². The molecule has 0 N–H and O–H groups in total. The van der Waals surface area contributed by atoms with E-state index in [4.69, 9.17) is 18.9 Å². The van der Waals surface area contributed by atoms with Crippen LogP contribution in [-0.2, 0) is 18.9 Å². The van der Waals surface area contributed by atoms with Crippen molar-refractivity contribution in [2.45, 2.75) is 89.0 Å². The van der Waals surface area contributed by atoms with Crippen LogP contribution in [0.4, 0.5) is 0 Å². The van der Waals surface area contributed by atoms with Gasteiger partial charge in [-0.25, -0.2) is 0 Å². The van der Waals surface area contributed by atoms with Crippen LogP contribution in [0.5, 0.6) is 0 Å². The molecule has 0 aliphatic carbocycles. The smallest absolute Gasteiger partial charge is 0.224 e. The first-order chi connectivity index (χ1) is 9.75. The van der Waals surface area contributed by atoms with E-state index in [0.717, 1.165) is 64.6 Å². The summed E-state index contributed by atoms with van der Waals surface area (Å²) >= 11 is 0. The van der Waals surface area contributed by atoms with Crippen LogP contribution in [-0.4, -0.2) is 37.0 Å². The third-order valence-electron chi connectivity index (χ3n) is 4.95. The molecule has 20 heavy (non-hydrogen) atoms. The molecule has 3 rings (SSSR count). The first kappa shape index (κ1) is 14.8. The number of rotatable bonds is 2. The van der Waals surface area contributed by atoms with Gasteiger partial charge in [-0.2, -0.15) is 0 Å². The maximum Gasteiger partial charge on any atom is 0.224 e. The normalized spacial score (nSPS) is 45.9. The molecule has 3 heterocycles. The van der Waals surface area contributed by atoms with Crippen molar-refractivity contribution in [2.24, 2.45) is 0 Å². The highest BCUT2D eigenvalue weighted by atomic mass is 16.8. The second-order valence-corrected chi connectivity index (χ2v) is 6.25. The number of fused-ring (bicyclic) bond motifs is 1. The predicted octanol–water partition coefficient (Wildman–Crippen LogP) is 3.38. The Bertz CT molecular complexity index is 286. The van der Waals surface area contributed by atoms with Crippen LogP contribution in [0.1, 0.15) is 65.2 Å². The zero-order valence-electron chi connectivity index (χ0n) is 12.9. The quantitative estimate of drug-likeness (QED) is 0.779. The van der Waals surface area contributed by atoms with E-state index in [9.17, 15) is 0 Å². The van der Waals surface area contributed by atoms with Gasteiger partial charge in [-0.1, -0.05) is 13.8 Å². The molecule has 0 aromatic heterocycles. The first-order valence-electron chi connectivity index (χ1n) is 8.39. The van der Waals surface area contributed by atoms with Gasteiger partial charge in [-0.05, 0) is 38.5 Å². The summed E-state index contributed by atoms with van der Waals surface area (Å²) in [4.78, 5) is 0. The van der Waals surface area contributed by atoms with E-state index in [2.05, 4.69) is 13.8 Å². The minimum absolute atomic E-state index is 0.120. The Morgan fingerprint density at radius 3 is 1.50 bits per heavy atom. The lowest BCUT2D eigenvalue weighted by atomic mass is 9.87. The molecule has 4 heteroatoms. The summed E-state index contributed by atoms with van der Waals surface area (Å²) in [5, 5.41) is 0. The van der Waals surface area contributed by atoms with Crippen LogP contribution in [0, 0.1) is 0 Å². The molecular weight excluding hydrogens is 256 g/mol. The molecule has 3 aliphatic rings. The number of hydrogen-bond acceptors (Lipinski definition) is 4. The van der Waals surface area contributed by atoms with Crippen molar-refractivity contribution in [1.29, 1.82) is 0 Å². The molecular formula is C16H28O4. The molecule has 2 spiro atoms. The molecule has 3 fully saturated rings. The SMILES string of the molecule is CC[C@H]1O[C@]2(CCCCO2)[C@@]2(CCCCO2)O[C@@H]1CC. The summed E-state index contributed by atoms with van der Waals surface area (Å²) in [6.07, 6.45) is 8.40. The lowest BCUT2D eigenvalue weighted by Gasteiger charge is -2.58. The summed E-state index contributed by atoms with van der Waals surface area (Å²) < 4.78 is 25.3. The minimum Gasteiger partial charge on any atom is -0.345 e. The Labute approximate surface area is 122 Å². The van der Waals surface area contributed by atoms with Crippen molar-refractivity contribution >= 4 is 0 Å². The van der Waals surface area contributed by atoms with Crippen molar-refractivity contribution in [2.75, 3.05) is 13.2 Å². The number of hydrogen-bond donors (Lipinski definition) is 0. The molecule has 0 aromatic rings. The molecule has 0 bridgehead atoms. The third kappa shape index (κ3) is 2.31. The van der Waals surface area contributed by atoms with Gasteiger partial charge in [0.15, 0.2) is 0 Å². The minimum atomic E-state index is -0.669. The van der Waals surface area contributed by atoms with Crippen LogP contribution >= 0.6 is 0 Å². The maximum absolute atomic E-state index is 6.49. The van der Waals surface area contributed by atoms with E-state index in [1.807, 2.05) is 0 Å². The molecule has 0 unspecified atom stereocenters. The lowest BCUT2D eigenvalue weighted by Crippen LogP contribution is -2.69. The number of ether oxygens (including phenoxy) is 4. The van der Waals surface area contributed by atoms with Gasteiger partial charge < -0.3 is 18.9 Å². The molecule has 4 atom stereocenters. The third-order valence-corrected chi connectivity index (χ3v) is 4.95. The van der Waals surface area contributed by atoms with E-state index in [1.165, 1.54) is 0 Å². The highest BCUT2D eigenvalue weighted by molar-refractivity contribution is 4.98. The van der Waals surface area contributed by atoms with Gasteiger partial charge in [0.1, 0.15) is 0 Å². The van der Waals surface area contributed by atoms with E-state index in [-0.39, 0.29) is 12.2 Å². The standard InChI is InChI=1S/C16H28O4/c1-3-13-14(4-2)20-16(10-6-8-12-18-16)15(19-13)9-5-7-11-17-15/h13-14H,3-12H2,1-2H3/t13-,14-,15-,16-/m1/s1. The predicted molar refractivity (Wildman–Crippen MR) is 75.4 cm³/mol. The fourth-order valence-corrected chi connectivity index (χ4v) is 3.84. The fraction of sp³-hybridized carbons (Fsp3) is 1.00. The van der Waals surface area contributed by atoms with Crippen molar-refractivity contribution in [1.82, 2.24) is 0 Å². The molecule has 116 valence electrons. The average Bonchev–Trinajstić information content (AvgIpc) is 2.52. The Hall–Kier alpha value is -0.160. The summed E-state index contributed by atoms with van der Waals surface area (Å²) in [5.41, 5.74) is 0. The Kier molecular flexibility index (Phi) is 4.37. The zero-order chi connectivity index (χ0) is 14.1. The highest BCUT2D eigenvalue weighted by Crippen LogP contribution is 2.49. The summed E-state index contributed by atoms with van der Waals surface area (Å²) in [6, 6.07) is 0. The second-order valence-electron chi connectivity index (χ2n) is 6.25. The van der Waals surface area contributed by atoms with Crippen LogP contribution in [0.3, 0.4) is 0 Å². The molecule has 0 aromatic carbocycles.